The molecule has 0 unspecified atom stereocenters. The number of carbonyl (C=O) groups excluding carboxylic acids is 1. The fourth-order valence-electron chi connectivity index (χ4n) is 4.15. The first-order valence-electron chi connectivity index (χ1n) is 11.0. The van der Waals surface area contributed by atoms with Crippen LogP contribution in [0.2, 0.25) is 0 Å². The minimum atomic E-state index is -0.195. The van der Waals surface area contributed by atoms with Gasteiger partial charge in [0.1, 0.15) is 17.7 Å². The van der Waals surface area contributed by atoms with E-state index in [1.165, 1.54) is 11.8 Å². The molecule has 1 amide bonds. The molecular formula is C24H28N6O2S. The van der Waals surface area contributed by atoms with Crippen molar-refractivity contribution < 1.29 is 9.53 Å². The van der Waals surface area contributed by atoms with Crippen molar-refractivity contribution in [3.8, 4) is 11.8 Å². The second kappa shape index (κ2) is 9.81. The monoisotopic (exact) mass is 464 g/mol. The van der Waals surface area contributed by atoms with Crippen LogP contribution in [0.15, 0.2) is 29.4 Å². The van der Waals surface area contributed by atoms with Crippen molar-refractivity contribution in [2.75, 3.05) is 17.7 Å². The highest BCUT2D eigenvalue weighted by Crippen LogP contribution is 2.29. The maximum absolute atomic E-state index is 12.9. The number of nitrogens with zero attached hydrogens (tertiary/aromatic N) is 5. The van der Waals surface area contributed by atoms with Gasteiger partial charge in [0.05, 0.1) is 24.0 Å². The fourth-order valence-corrected chi connectivity index (χ4v) is 4.95. The van der Waals surface area contributed by atoms with E-state index in [9.17, 15) is 10.1 Å². The molecule has 9 heteroatoms. The van der Waals surface area contributed by atoms with E-state index >= 15 is 0 Å². The van der Waals surface area contributed by atoms with Gasteiger partial charge in [-0.1, -0.05) is 23.9 Å². The van der Waals surface area contributed by atoms with E-state index in [4.69, 9.17) is 4.74 Å². The Morgan fingerprint density at radius 3 is 2.82 bits per heavy atom. The Morgan fingerprint density at radius 1 is 1.30 bits per heavy atom. The molecular weight excluding hydrogens is 436 g/mol. The standard InChI is InChI=1S/C24H28N6O2S/c1-15-7-5-8-19(11-15)30-18(4)27-28-24(30)33-14-22(31)26-23-21(12-25)16(2)17(3)29(23)13-20-9-6-10-32-20/h5,7-8,11,20H,6,9-10,13-14H2,1-4H3,(H,26,31)/t20-/m1/s1. The normalized spacial score (nSPS) is 15.5. The largest absolute Gasteiger partial charge is 0.376 e. The number of hydrogen-bond donors (Lipinski definition) is 1. The van der Waals surface area contributed by atoms with Crippen LogP contribution in [0.3, 0.4) is 0 Å². The van der Waals surface area contributed by atoms with Crippen LogP contribution in [-0.4, -0.2) is 43.7 Å². The summed E-state index contributed by atoms with van der Waals surface area (Å²) in [6.45, 7) is 9.20. The number of thioether (sulfide) groups is 1. The predicted molar refractivity (Wildman–Crippen MR) is 128 cm³/mol. The smallest absolute Gasteiger partial charge is 0.235 e. The maximum Gasteiger partial charge on any atom is 0.235 e. The molecule has 0 spiro atoms. The number of anilines is 1. The summed E-state index contributed by atoms with van der Waals surface area (Å²) in [5, 5.41) is 21.8. The van der Waals surface area contributed by atoms with E-state index in [1.54, 1.807) is 0 Å². The lowest BCUT2D eigenvalue weighted by molar-refractivity contribution is -0.113. The molecule has 4 rings (SSSR count). The SMILES string of the molecule is Cc1cccc(-n2c(C)nnc2SCC(=O)Nc2c(C#N)c(C)c(C)n2C[C@H]2CCCO2)c1. The number of rotatable bonds is 7. The van der Waals surface area contributed by atoms with Gasteiger partial charge in [-0.05, 0) is 63.8 Å². The Labute approximate surface area is 198 Å². The summed E-state index contributed by atoms with van der Waals surface area (Å²) >= 11 is 1.32. The predicted octanol–water partition coefficient (Wildman–Crippen LogP) is 4.08. The highest BCUT2D eigenvalue weighted by atomic mass is 32.2. The van der Waals surface area contributed by atoms with Gasteiger partial charge in [-0.15, -0.1) is 10.2 Å². The van der Waals surface area contributed by atoms with Crippen LogP contribution < -0.4 is 5.32 Å². The topological polar surface area (TPSA) is 97.8 Å². The van der Waals surface area contributed by atoms with Crippen LogP contribution in [0.1, 0.15) is 41.1 Å². The van der Waals surface area contributed by atoms with Crippen LogP contribution in [0.5, 0.6) is 0 Å². The quantitative estimate of drug-likeness (QED) is 0.529. The Kier molecular flexibility index (Phi) is 6.86. The van der Waals surface area contributed by atoms with E-state index < -0.39 is 0 Å². The van der Waals surface area contributed by atoms with Gasteiger partial charge in [-0.25, -0.2) is 0 Å². The zero-order valence-corrected chi connectivity index (χ0v) is 20.2. The Balaban J connectivity index is 1.51. The number of nitrogens with one attached hydrogen (secondary N) is 1. The highest BCUT2D eigenvalue weighted by Gasteiger charge is 2.24. The van der Waals surface area contributed by atoms with E-state index in [0.29, 0.717) is 23.1 Å². The number of carbonyl (C=O) groups is 1. The van der Waals surface area contributed by atoms with Gasteiger partial charge in [0.25, 0.3) is 0 Å². The number of aromatic nitrogens is 4. The van der Waals surface area contributed by atoms with Crippen LogP contribution in [-0.2, 0) is 16.1 Å². The van der Waals surface area contributed by atoms with Gasteiger partial charge in [0, 0.05) is 18.0 Å². The zero-order chi connectivity index (χ0) is 23.5. The van der Waals surface area contributed by atoms with Crippen molar-refractivity contribution in [3.63, 3.8) is 0 Å². The van der Waals surface area contributed by atoms with E-state index in [1.807, 2.05) is 55.0 Å². The van der Waals surface area contributed by atoms with Crippen molar-refractivity contribution in [2.45, 2.75) is 58.3 Å². The van der Waals surface area contributed by atoms with Gasteiger partial charge in [0.15, 0.2) is 5.16 Å². The summed E-state index contributed by atoms with van der Waals surface area (Å²) in [7, 11) is 0. The second-order valence-corrected chi connectivity index (χ2v) is 9.28. The summed E-state index contributed by atoms with van der Waals surface area (Å²) in [6, 6.07) is 10.3. The lowest BCUT2D eigenvalue weighted by Crippen LogP contribution is -2.22. The molecule has 3 aromatic rings. The third-order valence-corrected chi connectivity index (χ3v) is 6.93. The lowest BCUT2D eigenvalue weighted by atomic mass is 10.2. The summed E-state index contributed by atoms with van der Waals surface area (Å²) in [5.41, 5.74) is 4.45. The molecule has 0 aliphatic carbocycles. The molecule has 0 bridgehead atoms. The van der Waals surface area contributed by atoms with Gasteiger partial charge in [-0.3, -0.25) is 9.36 Å². The minimum absolute atomic E-state index is 0.0999. The van der Waals surface area contributed by atoms with Crippen LogP contribution >= 0.6 is 11.8 Å². The molecule has 1 fully saturated rings. The second-order valence-electron chi connectivity index (χ2n) is 8.33. The number of hydrogen-bond acceptors (Lipinski definition) is 6. The van der Waals surface area contributed by atoms with Crippen molar-refractivity contribution in [3.05, 3.63) is 52.5 Å². The molecule has 1 atom stereocenters. The maximum atomic E-state index is 12.9. The van der Waals surface area contributed by atoms with E-state index in [2.05, 4.69) is 27.6 Å². The number of benzene rings is 1. The molecule has 172 valence electrons. The number of amides is 1. The lowest BCUT2D eigenvalue weighted by Gasteiger charge is -2.17. The first-order chi connectivity index (χ1) is 15.9. The molecule has 0 saturated carbocycles. The number of nitriles is 1. The average molecular weight is 465 g/mol. The van der Waals surface area contributed by atoms with Gasteiger partial charge in [-0.2, -0.15) is 5.26 Å². The molecule has 1 aromatic carbocycles. The number of ether oxygens (including phenoxy) is 1. The van der Waals surface area contributed by atoms with Crippen LogP contribution in [0.4, 0.5) is 5.82 Å². The molecule has 1 saturated heterocycles. The Morgan fingerprint density at radius 2 is 2.12 bits per heavy atom. The van der Waals surface area contributed by atoms with Gasteiger partial charge >= 0.3 is 0 Å². The van der Waals surface area contributed by atoms with Gasteiger partial charge < -0.3 is 14.6 Å². The average Bonchev–Trinajstić information content (AvgIpc) is 3.49. The van der Waals surface area contributed by atoms with Crippen LogP contribution in [0, 0.1) is 39.0 Å². The third kappa shape index (κ3) is 4.82. The molecule has 2 aromatic heterocycles. The summed E-state index contributed by atoms with van der Waals surface area (Å²) in [4.78, 5) is 12.9. The highest BCUT2D eigenvalue weighted by molar-refractivity contribution is 7.99. The molecule has 3 heterocycles. The molecule has 8 nitrogen and oxygen atoms in total. The van der Waals surface area contributed by atoms with Crippen molar-refractivity contribution in [2.24, 2.45) is 0 Å². The van der Waals surface area contributed by atoms with E-state index in [-0.39, 0.29) is 17.8 Å². The third-order valence-electron chi connectivity index (χ3n) is 6.00. The zero-order valence-electron chi connectivity index (χ0n) is 19.4. The summed E-state index contributed by atoms with van der Waals surface area (Å²) in [5.74, 6) is 1.26. The molecule has 1 aliphatic heterocycles. The molecule has 33 heavy (non-hydrogen) atoms. The Hall–Kier alpha value is -3.09. The summed E-state index contributed by atoms with van der Waals surface area (Å²) < 4.78 is 9.74. The van der Waals surface area contributed by atoms with Gasteiger partial charge in [0.2, 0.25) is 5.91 Å². The first-order valence-corrected chi connectivity index (χ1v) is 12.0. The minimum Gasteiger partial charge on any atom is -0.376 e. The fraction of sp³-hybridized carbons (Fsp3) is 0.417. The number of aryl methyl sites for hydroxylation is 2. The van der Waals surface area contributed by atoms with Crippen molar-refractivity contribution >= 4 is 23.5 Å². The van der Waals surface area contributed by atoms with Crippen molar-refractivity contribution in [1.82, 2.24) is 19.3 Å². The van der Waals surface area contributed by atoms with E-state index in [0.717, 1.165) is 47.8 Å². The van der Waals surface area contributed by atoms with Crippen molar-refractivity contribution in [1.29, 1.82) is 5.26 Å². The van der Waals surface area contributed by atoms with Crippen LogP contribution in [0.25, 0.3) is 5.69 Å². The molecule has 1 aliphatic rings. The molecule has 1 N–H and O–H groups in total. The summed E-state index contributed by atoms with van der Waals surface area (Å²) in [6.07, 6.45) is 2.12. The first kappa shape index (κ1) is 23.1. The Bertz CT molecular complexity index is 1220. The molecule has 0 radical (unpaired) electrons.